The van der Waals surface area contributed by atoms with E-state index in [4.69, 9.17) is 5.11 Å². The lowest BCUT2D eigenvalue weighted by Crippen LogP contribution is -2.22. The molecule has 1 heterocycles. The molecular weight excluding hydrogens is 232 g/mol. The van der Waals surface area contributed by atoms with Gasteiger partial charge >= 0.3 is 6.09 Å². The molecule has 5 nitrogen and oxygen atoms in total. The minimum Gasteiger partial charge on any atom is -0.465 e. The number of amides is 1. The van der Waals surface area contributed by atoms with Crippen molar-refractivity contribution in [2.45, 2.75) is 13.0 Å². The summed E-state index contributed by atoms with van der Waals surface area (Å²) in [5.74, 6) is 0. The highest BCUT2D eigenvalue weighted by Crippen LogP contribution is 2.19. The van der Waals surface area contributed by atoms with E-state index in [1.807, 2.05) is 28.8 Å². The van der Waals surface area contributed by atoms with Crippen LogP contribution in [0.2, 0.25) is 0 Å². The summed E-state index contributed by atoms with van der Waals surface area (Å²) < 4.78 is 1.97. The van der Waals surface area contributed by atoms with Gasteiger partial charge in [0, 0.05) is 35.8 Å². The summed E-state index contributed by atoms with van der Waals surface area (Å²) in [4.78, 5) is 21.3. The molecule has 0 saturated heterocycles. The second-order valence-corrected chi connectivity index (χ2v) is 4.00. The van der Waals surface area contributed by atoms with E-state index in [9.17, 15) is 9.59 Å². The third-order valence-corrected chi connectivity index (χ3v) is 2.80. The van der Waals surface area contributed by atoms with Crippen LogP contribution in [0.1, 0.15) is 16.8 Å². The van der Waals surface area contributed by atoms with Gasteiger partial charge in [-0.2, -0.15) is 0 Å². The normalized spacial score (nSPS) is 10.4. The van der Waals surface area contributed by atoms with Crippen LogP contribution in [0.25, 0.3) is 10.9 Å². The number of fused-ring (bicyclic) bond motifs is 1. The first-order valence-corrected chi connectivity index (χ1v) is 5.72. The number of rotatable bonds is 5. The predicted octanol–water partition coefficient (Wildman–Crippen LogP) is 2.11. The largest absolute Gasteiger partial charge is 0.465 e. The topological polar surface area (TPSA) is 71.3 Å². The Morgan fingerprint density at radius 2 is 2.17 bits per heavy atom. The molecule has 0 atom stereocenters. The molecule has 1 aromatic heterocycles. The molecule has 1 amide bonds. The van der Waals surface area contributed by atoms with E-state index in [1.54, 1.807) is 6.20 Å². The zero-order valence-electron chi connectivity index (χ0n) is 9.80. The van der Waals surface area contributed by atoms with Crippen molar-refractivity contribution in [2.75, 3.05) is 6.54 Å². The Labute approximate surface area is 104 Å². The van der Waals surface area contributed by atoms with Crippen molar-refractivity contribution in [2.24, 2.45) is 0 Å². The minimum atomic E-state index is -1.01. The standard InChI is InChI=1S/C13H14N2O3/c16-9-10-8-15(7-3-6-14-13(17)18)12-5-2-1-4-11(10)12/h1-2,4-5,8-9,14H,3,6-7H2,(H,17,18). The Morgan fingerprint density at radius 1 is 1.39 bits per heavy atom. The Morgan fingerprint density at radius 3 is 2.89 bits per heavy atom. The number of benzene rings is 1. The van der Waals surface area contributed by atoms with Gasteiger partial charge < -0.3 is 15.0 Å². The molecule has 0 bridgehead atoms. The fourth-order valence-corrected chi connectivity index (χ4v) is 2.00. The number of nitrogens with one attached hydrogen (secondary N) is 1. The van der Waals surface area contributed by atoms with Crippen molar-refractivity contribution in [3.63, 3.8) is 0 Å². The van der Waals surface area contributed by atoms with Gasteiger partial charge in [0.15, 0.2) is 6.29 Å². The number of carbonyl (C=O) groups is 2. The van der Waals surface area contributed by atoms with Crippen LogP contribution in [0.5, 0.6) is 0 Å². The molecule has 2 N–H and O–H groups in total. The van der Waals surface area contributed by atoms with Crippen LogP contribution in [0.15, 0.2) is 30.5 Å². The highest BCUT2D eigenvalue weighted by molar-refractivity contribution is 5.97. The lowest BCUT2D eigenvalue weighted by molar-refractivity contribution is 0.112. The number of hydrogen-bond donors (Lipinski definition) is 2. The van der Waals surface area contributed by atoms with Crippen LogP contribution in [0, 0.1) is 0 Å². The first-order chi connectivity index (χ1) is 8.72. The first-order valence-electron chi connectivity index (χ1n) is 5.72. The summed E-state index contributed by atoms with van der Waals surface area (Å²) in [6.07, 6.45) is 2.32. The third-order valence-electron chi connectivity index (χ3n) is 2.80. The van der Waals surface area contributed by atoms with E-state index < -0.39 is 6.09 Å². The van der Waals surface area contributed by atoms with E-state index in [1.165, 1.54) is 0 Å². The van der Waals surface area contributed by atoms with Crippen molar-refractivity contribution in [1.29, 1.82) is 0 Å². The molecule has 94 valence electrons. The quantitative estimate of drug-likeness (QED) is 0.627. The fourth-order valence-electron chi connectivity index (χ4n) is 2.00. The molecule has 1 aromatic carbocycles. The van der Waals surface area contributed by atoms with Gasteiger partial charge in [-0.3, -0.25) is 4.79 Å². The second-order valence-electron chi connectivity index (χ2n) is 4.00. The van der Waals surface area contributed by atoms with Crippen LogP contribution in [-0.4, -0.2) is 28.6 Å². The third kappa shape index (κ3) is 2.51. The van der Waals surface area contributed by atoms with E-state index in [0.29, 0.717) is 25.1 Å². The van der Waals surface area contributed by atoms with Gasteiger partial charge in [-0.15, -0.1) is 0 Å². The predicted molar refractivity (Wildman–Crippen MR) is 68.0 cm³/mol. The summed E-state index contributed by atoms with van der Waals surface area (Å²) >= 11 is 0. The number of carbonyl (C=O) groups excluding carboxylic acids is 1. The molecule has 0 saturated carbocycles. The molecule has 18 heavy (non-hydrogen) atoms. The molecular formula is C13H14N2O3. The Balaban J connectivity index is 2.13. The van der Waals surface area contributed by atoms with Gasteiger partial charge in [-0.05, 0) is 12.5 Å². The maximum absolute atomic E-state index is 10.9. The minimum absolute atomic E-state index is 0.401. The number of aryl methyl sites for hydroxylation is 1. The maximum atomic E-state index is 10.9. The summed E-state index contributed by atoms with van der Waals surface area (Å²) in [6, 6.07) is 7.67. The average Bonchev–Trinajstić information content (AvgIpc) is 2.73. The van der Waals surface area contributed by atoms with Crippen LogP contribution >= 0.6 is 0 Å². The zero-order valence-corrected chi connectivity index (χ0v) is 9.80. The molecule has 0 aliphatic rings. The number of nitrogens with zero attached hydrogens (tertiary/aromatic N) is 1. The number of aromatic nitrogens is 1. The zero-order chi connectivity index (χ0) is 13.0. The van der Waals surface area contributed by atoms with Crippen molar-refractivity contribution >= 4 is 23.3 Å². The molecule has 0 aliphatic heterocycles. The fraction of sp³-hybridized carbons (Fsp3) is 0.231. The van der Waals surface area contributed by atoms with Crippen molar-refractivity contribution < 1.29 is 14.7 Å². The Kier molecular flexibility index (Phi) is 3.62. The van der Waals surface area contributed by atoms with Crippen LogP contribution in [0.3, 0.4) is 0 Å². The molecule has 2 aromatic rings. The van der Waals surface area contributed by atoms with Crippen LogP contribution in [-0.2, 0) is 6.54 Å². The summed E-state index contributed by atoms with van der Waals surface area (Å²) in [7, 11) is 0. The summed E-state index contributed by atoms with van der Waals surface area (Å²) in [5, 5.41) is 11.7. The van der Waals surface area contributed by atoms with Crippen molar-refractivity contribution in [3.05, 3.63) is 36.0 Å². The molecule has 0 spiro atoms. The van der Waals surface area contributed by atoms with Crippen molar-refractivity contribution in [3.8, 4) is 0 Å². The molecule has 5 heteroatoms. The SMILES string of the molecule is O=Cc1cn(CCCNC(=O)O)c2ccccc12. The smallest absolute Gasteiger partial charge is 0.404 e. The van der Waals surface area contributed by atoms with Gasteiger partial charge in [0.2, 0.25) is 0 Å². The van der Waals surface area contributed by atoms with Gasteiger partial charge in [0.05, 0.1) is 0 Å². The van der Waals surface area contributed by atoms with Gasteiger partial charge in [-0.1, -0.05) is 18.2 Å². The number of para-hydroxylation sites is 1. The highest BCUT2D eigenvalue weighted by atomic mass is 16.4. The first kappa shape index (κ1) is 12.2. The van der Waals surface area contributed by atoms with E-state index in [-0.39, 0.29) is 0 Å². The van der Waals surface area contributed by atoms with E-state index in [2.05, 4.69) is 5.32 Å². The number of hydrogen-bond acceptors (Lipinski definition) is 2. The van der Waals surface area contributed by atoms with Crippen LogP contribution in [0.4, 0.5) is 4.79 Å². The lowest BCUT2D eigenvalue weighted by Gasteiger charge is -2.05. The Bertz CT molecular complexity index is 575. The van der Waals surface area contributed by atoms with Crippen molar-refractivity contribution in [1.82, 2.24) is 9.88 Å². The highest BCUT2D eigenvalue weighted by Gasteiger charge is 2.06. The molecule has 0 fully saturated rings. The van der Waals surface area contributed by atoms with Gasteiger partial charge in [0.25, 0.3) is 0 Å². The monoisotopic (exact) mass is 246 g/mol. The van der Waals surface area contributed by atoms with Gasteiger partial charge in [-0.25, -0.2) is 4.79 Å². The average molecular weight is 246 g/mol. The van der Waals surface area contributed by atoms with Crippen LogP contribution < -0.4 is 5.32 Å². The molecule has 0 radical (unpaired) electrons. The van der Waals surface area contributed by atoms with Gasteiger partial charge in [0.1, 0.15) is 0 Å². The Hall–Kier alpha value is -2.30. The molecule has 0 unspecified atom stereocenters. The maximum Gasteiger partial charge on any atom is 0.404 e. The number of aldehydes is 1. The molecule has 0 aliphatic carbocycles. The summed E-state index contributed by atoms with van der Waals surface area (Å²) in [6.45, 7) is 1.08. The number of carboxylic acid groups (broad SMARTS) is 1. The van der Waals surface area contributed by atoms with E-state index in [0.717, 1.165) is 17.2 Å². The van der Waals surface area contributed by atoms with E-state index >= 15 is 0 Å². The summed E-state index contributed by atoms with van der Waals surface area (Å²) in [5.41, 5.74) is 1.66. The second kappa shape index (κ2) is 5.35. The molecule has 2 rings (SSSR count). The lowest BCUT2D eigenvalue weighted by atomic mass is 10.2.